The Kier molecular flexibility index (Phi) is 9.18. The van der Waals surface area contributed by atoms with E-state index >= 15 is 0 Å². The third-order valence-corrected chi connectivity index (χ3v) is 12.7. The predicted octanol–water partition coefficient (Wildman–Crippen LogP) is 16.7. The summed E-state index contributed by atoms with van der Waals surface area (Å²) in [5, 5.41) is 14.0. The minimum atomic E-state index is 0.648. The SMILES string of the molecule is N#Cc1ccc(-n2c3ccccc3c3cc(-c4ccc(N(c5ccc(-c6cccc(-c7ccccc7)c6)cc5)c5ccc(-c6cccc7c6oc6ccccc67)cc5)cc4)ccc32)cc1. The molecular formula is C61H39N3O. The van der Waals surface area contributed by atoms with E-state index in [2.05, 4.69) is 216 Å². The van der Waals surface area contributed by atoms with Crippen molar-refractivity contribution in [3.8, 4) is 56.3 Å². The molecule has 0 N–H and O–H groups in total. The van der Waals surface area contributed by atoms with Gasteiger partial charge in [0.25, 0.3) is 0 Å². The van der Waals surface area contributed by atoms with Gasteiger partial charge in [0.05, 0.1) is 22.7 Å². The van der Waals surface area contributed by atoms with Crippen molar-refractivity contribution in [1.29, 1.82) is 5.26 Å². The number of benzene rings is 10. The third-order valence-electron chi connectivity index (χ3n) is 12.7. The number of furan rings is 1. The van der Waals surface area contributed by atoms with Gasteiger partial charge in [-0.3, -0.25) is 0 Å². The van der Waals surface area contributed by atoms with Gasteiger partial charge in [-0.25, -0.2) is 0 Å². The molecule has 0 spiro atoms. The second-order valence-corrected chi connectivity index (χ2v) is 16.4. The van der Waals surface area contributed by atoms with Crippen molar-refractivity contribution in [3.05, 3.63) is 242 Å². The summed E-state index contributed by atoms with van der Waals surface area (Å²) in [5.41, 5.74) is 18.1. The van der Waals surface area contributed by atoms with Crippen molar-refractivity contribution in [2.45, 2.75) is 0 Å². The molecule has 0 amide bonds. The molecule has 65 heavy (non-hydrogen) atoms. The Balaban J connectivity index is 0.922. The number of fused-ring (bicyclic) bond motifs is 6. The molecule has 0 fully saturated rings. The van der Waals surface area contributed by atoms with E-state index in [0.717, 1.165) is 83.5 Å². The molecule has 0 aliphatic heterocycles. The van der Waals surface area contributed by atoms with Gasteiger partial charge in [0.2, 0.25) is 0 Å². The summed E-state index contributed by atoms with van der Waals surface area (Å²) in [5.74, 6) is 0. The van der Waals surface area contributed by atoms with Crippen molar-refractivity contribution >= 4 is 60.8 Å². The highest BCUT2D eigenvalue weighted by atomic mass is 16.3. The van der Waals surface area contributed by atoms with Crippen LogP contribution in [0.25, 0.3) is 93.9 Å². The van der Waals surface area contributed by atoms with E-state index in [1.54, 1.807) is 0 Å². The summed E-state index contributed by atoms with van der Waals surface area (Å²) in [6, 6.07) is 85.8. The van der Waals surface area contributed by atoms with Crippen LogP contribution in [0.1, 0.15) is 5.56 Å². The Hall–Kier alpha value is -8.91. The Morgan fingerprint density at radius 1 is 0.369 bits per heavy atom. The zero-order chi connectivity index (χ0) is 43.3. The fourth-order valence-electron chi connectivity index (χ4n) is 9.44. The monoisotopic (exact) mass is 829 g/mol. The molecule has 4 nitrogen and oxygen atoms in total. The molecule has 0 radical (unpaired) electrons. The summed E-state index contributed by atoms with van der Waals surface area (Å²) in [4.78, 5) is 2.33. The first-order valence-corrected chi connectivity index (χ1v) is 21.9. The second kappa shape index (κ2) is 15.8. The van der Waals surface area contributed by atoms with E-state index in [4.69, 9.17) is 4.42 Å². The maximum absolute atomic E-state index is 9.43. The molecule has 2 heterocycles. The van der Waals surface area contributed by atoms with Crippen LogP contribution in [0.15, 0.2) is 241 Å². The zero-order valence-corrected chi connectivity index (χ0v) is 35.3. The average molecular weight is 830 g/mol. The van der Waals surface area contributed by atoms with Crippen molar-refractivity contribution in [3.63, 3.8) is 0 Å². The lowest BCUT2D eigenvalue weighted by Gasteiger charge is -2.26. The molecule has 0 saturated carbocycles. The van der Waals surface area contributed by atoms with Crippen LogP contribution in [0.2, 0.25) is 0 Å². The lowest BCUT2D eigenvalue weighted by Crippen LogP contribution is -2.09. The molecule has 2 aromatic heterocycles. The quantitative estimate of drug-likeness (QED) is 0.153. The van der Waals surface area contributed by atoms with Gasteiger partial charge in [-0.1, -0.05) is 146 Å². The molecule has 4 heteroatoms. The normalized spacial score (nSPS) is 11.4. The minimum Gasteiger partial charge on any atom is -0.455 e. The molecular weight excluding hydrogens is 791 g/mol. The number of hydrogen-bond donors (Lipinski definition) is 0. The third kappa shape index (κ3) is 6.71. The van der Waals surface area contributed by atoms with Crippen LogP contribution in [0.5, 0.6) is 0 Å². The van der Waals surface area contributed by atoms with Gasteiger partial charge in [0, 0.05) is 49.9 Å². The summed E-state index contributed by atoms with van der Waals surface area (Å²) >= 11 is 0. The molecule has 0 bridgehead atoms. The first-order valence-electron chi connectivity index (χ1n) is 21.9. The largest absolute Gasteiger partial charge is 0.455 e. The van der Waals surface area contributed by atoms with E-state index in [9.17, 15) is 5.26 Å². The first-order chi connectivity index (χ1) is 32.2. The minimum absolute atomic E-state index is 0.648. The van der Waals surface area contributed by atoms with E-state index in [1.165, 1.54) is 27.5 Å². The highest BCUT2D eigenvalue weighted by Gasteiger charge is 2.18. The van der Waals surface area contributed by atoms with Gasteiger partial charge in [0.15, 0.2) is 0 Å². The van der Waals surface area contributed by atoms with Crippen LogP contribution in [0.3, 0.4) is 0 Å². The lowest BCUT2D eigenvalue weighted by molar-refractivity contribution is 0.670. The topological polar surface area (TPSA) is 45.1 Å². The zero-order valence-electron chi connectivity index (χ0n) is 35.3. The number of nitrogens with zero attached hydrogens (tertiary/aromatic N) is 3. The highest BCUT2D eigenvalue weighted by Crippen LogP contribution is 2.41. The predicted molar refractivity (Wildman–Crippen MR) is 269 cm³/mol. The second-order valence-electron chi connectivity index (χ2n) is 16.4. The number of hydrogen-bond acceptors (Lipinski definition) is 3. The molecule has 0 saturated heterocycles. The van der Waals surface area contributed by atoms with Crippen LogP contribution in [0.4, 0.5) is 17.1 Å². The van der Waals surface area contributed by atoms with E-state index < -0.39 is 0 Å². The van der Waals surface area contributed by atoms with E-state index in [-0.39, 0.29) is 0 Å². The van der Waals surface area contributed by atoms with Crippen LogP contribution in [0, 0.1) is 11.3 Å². The number of aromatic nitrogens is 1. The van der Waals surface area contributed by atoms with Gasteiger partial charge >= 0.3 is 0 Å². The first kappa shape index (κ1) is 37.8. The summed E-state index contributed by atoms with van der Waals surface area (Å²) < 4.78 is 8.72. The van der Waals surface area contributed by atoms with Gasteiger partial charge in [0.1, 0.15) is 11.2 Å². The van der Waals surface area contributed by atoms with Crippen molar-refractivity contribution in [2.75, 3.05) is 4.90 Å². The fraction of sp³-hybridized carbons (Fsp3) is 0. The van der Waals surface area contributed by atoms with Gasteiger partial charge in [-0.15, -0.1) is 0 Å². The Morgan fingerprint density at radius 2 is 0.877 bits per heavy atom. The van der Waals surface area contributed by atoms with E-state index in [0.29, 0.717) is 5.56 Å². The van der Waals surface area contributed by atoms with Crippen LogP contribution < -0.4 is 4.90 Å². The standard InChI is InChI=1S/C61H39N3O/c62-40-41-20-29-52(30-21-41)64-58-18-6-4-14-54(58)57-39-48(28-37-59(57)64)44-24-33-50(34-25-44)63(49-31-22-43(23-32-49)47-13-8-12-46(38-47)42-10-2-1-3-11-42)51-35-26-45(27-36-51)53-16-9-17-56-55-15-5-7-19-60(55)65-61(53)56/h1-39H. The van der Waals surface area contributed by atoms with Gasteiger partial charge in [-0.05, 0) is 130 Å². The Morgan fingerprint density at radius 3 is 1.55 bits per heavy atom. The van der Waals surface area contributed by atoms with Crippen LogP contribution >= 0.6 is 0 Å². The van der Waals surface area contributed by atoms with Crippen molar-refractivity contribution in [1.82, 2.24) is 4.57 Å². The number of para-hydroxylation sites is 3. The van der Waals surface area contributed by atoms with Crippen LogP contribution in [-0.2, 0) is 0 Å². The molecule has 0 atom stereocenters. The van der Waals surface area contributed by atoms with Gasteiger partial charge in [-0.2, -0.15) is 5.26 Å². The number of rotatable bonds is 8. The average Bonchev–Trinajstić information content (AvgIpc) is 3.93. The fourth-order valence-corrected chi connectivity index (χ4v) is 9.44. The number of anilines is 3. The van der Waals surface area contributed by atoms with Crippen molar-refractivity contribution < 1.29 is 4.42 Å². The highest BCUT2D eigenvalue weighted by molar-refractivity contribution is 6.11. The molecule has 12 aromatic rings. The summed E-state index contributed by atoms with van der Waals surface area (Å²) in [6.07, 6.45) is 0. The Labute approximate surface area is 376 Å². The lowest BCUT2D eigenvalue weighted by atomic mass is 9.98. The summed E-state index contributed by atoms with van der Waals surface area (Å²) in [7, 11) is 0. The van der Waals surface area contributed by atoms with E-state index in [1.807, 2.05) is 36.4 Å². The molecule has 304 valence electrons. The maximum atomic E-state index is 9.43. The molecule has 10 aromatic carbocycles. The Bertz CT molecular complexity index is 3740. The smallest absolute Gasteiger partial charge is 0.143 e. The molecule has 12 rings (SSSR count). The molecule has 0 aliphatic rings. The molecule has 0 aliphatic carbocycles. The van der Waals surface area contributed by atoms with Gasteiger partial charge < -0.3 is 13.9 Å². The molecule has 0 unspecified atom stereocenters. The summed E-state index contributed by atoms with van der Waals surface area (Å²) in [6.45, 7) is 0. The van der Waals surface area contributed by atoms with Crippen LogP contribution in [-0.4, -0.2) is 4.57 Å². The number of nitriles is 1. The maximum Gasteiger partial charge on any atom is 0.143 e. The van der Waals surface area contributed by atoms with Crippen molar-refractivity contribution in [2.24, 2.45) is 0 Å².